The van der Waals surface area contributed by atoms with E-state index in [2.05, 4.69) is 4.98 Å². The summed E-state index contributed by atoms with van der Waals surface area (Å²) in [5, 5.41) is -0.0684. The minimum atomic E-state index is -0.967. The highest BCUT2D eigenvalue weighted by atomic mass is 35.5. The summed E-state index contributed by atoms with van der Waals surface area (Å²) >= 11 is 5.60. The third-order valence-corrected chi connectivity index (χ3v) is 2.40. The molecule has 1 heterocycles. The van der Waals surface area contributed by atoms with Crippen molar-refractivity contribution in [2.24, 2.45) is 0 Å². The van der Waals surface area contributed by atoms with Crippen molar-refractivity contribution in [1.29, 1.82) is 0 Å². The van der Waals surface area contributed by atoms with Gasteiger partial charge in [-0.2, -0.15) is 0 Å². The van der Waals surface area contributed by atoms with Crippen molar-refractivity contribution in [3.8, 4) is 11.1 Å². The van der Waals surface area contributed by atoms with E-state index in [9.17, 15) is 13.6 Å². The second-order valence-corrected chi connectivity index (χ2v) is 3.57. The van der Waals surface area contributed by atoms with Crippen molar-refractivity contribution in [3.63, 3.8) is 0 Å². The van der Waals surface area contributed by atoms with Crippen LogP contribution in [0.5, 0.6) is 0 Å². The maximum absolute atomic E-state index is 13.4. The molecule has 0 saturated carbocycles. The summed E-state index contributed by atoms with van der Waals surface area (Å²) in [7, 11) is 0. The monoisotopic (exact) mass is 241 g/mol. The molecular formula is C11H6ClF2NO. The highest BCUT2D eigenvalue weighted by molar-refractivity contribution is 6.30. The molecule has 0 spiro atoms. The van der Waals surface area contributed by atoms with Crippen molar-refractivity contribution in [3.05, 3.63) is 57.5 Å². The maximum atomic E-state index is 13.4. The topological polar surface area (TPSA) is 32.9 Å². The number of hydrogen-bond acceptors (Lipinski definition) is 1. The van der Waals surface area contributed by atoms with Crippen LogP contribution in [-0.2, 0) is 0 Å². The van der Waals surface area contributed by atoms with Crippen LogP contribution >= 0.6 is 11.6 Å². The van der Waals surface area contributed by atoms with Gasteiger partial charge in [-0.15, -0.1) is 0 Å². The first kappa shape index (κ1) is 10.8. The molecule has 0 aliphatic heterocycles. The van der Waals surface area contributed by atoms with Gasteiger partial charge in [0.05, 0.1) is 0 Å². The molecule has 82 valence electrons. The van der Waals surface area contributed by atoms with Crippen molar-refractivity contribution >= 4 is 11.6 Å². The smallest absolute Gasteiger partial charge is 0.266 e. The number of aromatic nitrogens is 1. The Morgan fingerprint density at radius 2 is 2.00 bits per heavy atom. The number of benzene rings is 1. The lowest BCUT2D eigenvalue weighted by Crippen LogP contribution is -2.05. The zero-order chi connectivity index (χ0) is 11.7. The first-order valence-corrected chi connectivity index (χ1v) is 4.80. The summed E-state index contributed by atoms with van der Waals surface area (Å²) in [6.07, 6.45) is 1.28. The Morgan fingerprint density at radius 1 is 1.25 bits per heavy atom. The molecule has 0 fully saturated rings. The van der Waals surface area contributed by atoms with Gasteiger partial charge in [0.25, 0.3) is 5.56 Å². The number of halogens is 3. The predicted molar refractivity (Wildman–Crippen MR) is 57.4 cm³/mol. The van der Waals surface area contributed by atoms with Crippen LogP contribution in [0.1, 0.15) is 0 Å². The Hall–Kier alpha value is -1.68. The van der Waals surface area contributed by atoms with Crippen LogP contribution < -0.4 is 5.56 Å². The molecule has 1 aromatic heterocycles. The highest BCUT2D eigenvalue weighted by Crippen LogP contribution is 2.24. The SMILES string of the molecule is O=c1[nH]cc(-c2cccc(F)c2F)cc1Cl. The highest BCUT2D eigenvalue weighted by Gasteiger charge is 2.10. The third kappa shape index (κ3) is 1.84. The normalized spacial score (nSPS) is 10.4. The Balaban J connectivity index is 2.63. The molecule has 16 heavy (non-hydrogen) atoms. The molecule has 0 bridgehead atoms. The van der Waals surface area contributed by atoms with Crippen LogP contribution in [0, 0.1) is 11.6 Å². The lowest BCUT2D eigenvalue weighted by molar-refractivity contribution is 0.511. The predicted octanol–water partition coefficient (Wildman–Crippen LogP) is 2.97. The average Bonchev–Trinajstić information content (AvgIpc) is 2.26. The molecule has 1 aromatic carbocycles. The van der Waals surface area contributed by atoms with E-state index in [0.717, 1.165) is 6.07 Å². The van der Waals surface area contributed by atoms with Crippen LogP contribution in [0.25, 0.3) is 11.1 Å². The molecule has 2 rings (SSSR count). The van der Waals surface area contributed by atoms with E-state index < -0.39 is 17.2 Å². The molecule has 5 heteroatoms. The zero-order valence-electron chi connectivity index (χ0n) is 7.93. The lowest BCUT2D eigenvalue weighted by Gasteiger charge is -2.03. The van der Waals surface area contributed by atoms with E-state index in [1.54, 1.807) is 0 Å². The molecule has 0 amide bonds. The van der Waals surface area contributed by atoms with Crippen LogP contribution in [0.15, 0.2) is 35.3 Å². The van der Waals surface area contributed by atoms with Gasteiger partial charge in [-0.3, -0.25) is 4.79 Å². The second kappa shape index (κ2) is 4.06. The van der Waals surface area contributed by atoms with E-state index >= 15 is 0 Å². The number of nitrogens with one attached hydrogen (secondary N) is 1. The van der Waals surface area contributed by atoms with Crippen molar-refractivity contribution in [1.82, 2.24) is 4.98 Å². The van der Waals surface area contributed by atoms with Crippen LogP contribution in [0.3, 0.4) is 0 Å². The molecule has 2 aromatic rings. The molecule has 0 radical (unpaired) electrons. The number of H-pyrrole nitrogens is 1. The first-order chi connectivity index (χ1) is 7.59. The van der Waals surface area contributed by atoms with Gasteiger partial charge in [0, 0.05) is 17.3 Å². The maximum Gasteiger partial charge on any atom is 0.266 e. The fourth-order valence-corrected chi connectivity index (χ4v) is 1.51. The first-order valence-electron chi connectivity index (χ1n) is 4.42. The summed E-state index contributed by atoms with van der Waals surface area (Å²) in [4.78, 5) is 13.3. The second-order valence-electron chi connectivity index (χ2n) is 3.17. The summed E-state index contributed by atoms with van der Waals surface area (Å²) in [6, 6.07) is 5.10. The fraction of sp³-hybridized carbons (Fsp3) is 0. The number of pyridine rings is 1. The summed E-state index contributed by atoms with van der Waals surface area (Å²) in [5.74, 6) is -1.91. The Bertz CT molecular complexity index is 595. The summed E-state index contributed by atoms with van der Waals surface area (Å²) < 4.78 is 26.4. The molecular weight excluding hydrogens is 236 g/mol. The van der Waals surface area contributed by atoms with E-state index in [-0.39, 0.29) is 10.6 Å². The van der Waals surface area contributed by atoms with Gasteiger partial charge < -0.3 is 4.98 Å². The largest absolute Gasteiger partial charge is 0.327 e. The standard InChI is InChI=1S/C11H6ClF2NO/c12-8-4-6(5-15-11(8)16)7-2-1-3-9(13)10(7)14/h1-5H,(H,15,16). The Labute approximate surface area is 94.5 Å². The van der Waals surface area contributed by atoms with Gasteiger partial charge in [0.1, 0.15) is 5.02 Å². The van der Waals surface area contributed by atoms with Crippen LogP contribution in [-0.4, -0.2) is 4.98 Å². The quantitative estimate of drug-likeness (QED) is 0.818. The Kier molecular flexibility index (Phi) is 2.75. The van der Waals surface area contributed by atoms with Gasteiger partial charge in [0.15, 0.2) is 11.6 Å². The average molecular weight is 242 g/mol. The molecule has 0 aliphatic rings. The van der Waals surface area contributed by atoms with E-state index in [1.807, 2.05) is 0 Å². The van der Waals surface area contributed by atoms with Crippen molar-refractivity contribution in [2.75, 3.05) is 0 Å². The van der Waals surface area contributed by atoms with Gasteiger partial charge in [-0.1, -0.05) is 23.7 Å². The molecule has 0 unspecified atom stereocenters. The third-order valence-electron chi connectivity index (χ3n) is 2.12. The van der Waals surface area contributed by atoms with E-state index in [1.165, 1.54) is 24.4 Å². The Morgan fingerprint density at radius 3 is 2.69 bits per heavy atom. The van der Waals surface area contributed by atoms with Gasteiger partial charge in [-0.05, 0) is 12.1 Å². The minimum absolute atomic E-state index is 0.0538. The summed E-state index contributed by atoms with van der Waals surface area (Å²) in [5.41, 5.74) is -0.0954. The van der Waals surface area contributed by atoms with Crippen LogP contribution in [0.4, 0.5) is 8.78 Å². The molecule has 1 N–H and O–H groups in total. The number of hydrogen-bond donors (Lipinski definition) is 1. The van der Waals surface area contributed by atoms with Gasteiger partial charge in [-0.25, -0.2) is 8.78 Å². The van der Waals surface area contributed by atoms with Gasteiger partial charge in [0.2, 0.25) is 0 Å². The fourth-order valence-electron chi connectivity index (χ4n) is 1.34. The molecule has 0 saturated heterocycles. The van der Waals surface area contributed by atoms with Crippen molar-refractivity contribution in [2.45, 2.75) is 0 Å². The van der Waals surface area contributed by atoms with Gasteiger partial charge >= 0.3 is 0 Å². The van der Waals surface area contributed by atoms with E-state index in [0.29, 0.717) is 5.56 Å². The van der Waals surface area contributed by atoms with Crippen LogP contribution in [0.2, 0.25) is 5.02 Å². The molecule has 0 aliphatic carbocycles. The zero-order valence-corrected chi connectivity index (χ0v) is 8.68. The number of aromatic amines is 1. The van der Waals surface area contributed by atoms with E-state index in [4.69, 9.17) is 11.6 Å². The molecule has 0 atom stereocenters. The molecule has 2 nitrogen and oxygen atoms in total. The minimum Gasteiger partial charge on any atom is -0.327 e. The summed E-state index contributed by atoms with van der Waals surface area (Å²) in [6.45, 7) is 0. The van der Waals surface area contributed by atoms with Crippen molar-refractivity contribution < 1.29 is 8.78 Å². The number of rotatable bonds is 1. The lowest BCUT2D eigenvalue weighted by atomic mass is 10.1.